The van der Waals surface area contributed by atoms with Gasteiger partial charge >= 0.3 is 0 Å². The zero-order chi connectivity index (χ0) is 17.1. The molecule has 0 aliphatic rings. The Hall–Kier alpha value is -3.02. The van der Waals surface area contributed by atoms with E-state index in [0.717, 1.165) is 0 Å². The molecule has 2 aromatic carbocycles. The third-order valence-electron chi connectivity index (χ3n) is 3.65. The molecule has 5 nitrogen and oxygen atoms in total. The molecule has 0 radical (unpaired) electrons. The molecular formula is C18H16FNO4. The van der Waals surface area contributed by atoms with Gasteiger partial charge in [-0.05, 0) is 30.3 Å². The van der Waals surface area contributed by atoms with Crippen LogP contribution in [-0.4, -0.2) is 20.1 Å². The minimum absolute atomic E-state index is 0.0524. The van der Waals surface area contributed by atoms with Gasteiger partial charge in [-0.1, -0.05) is 0 Å². The molecule has 0 atom stereocenters. The van der Waals surface area contributed by atoms with Crippen LogP contribution in [0.3, 0.4) is 0 Å². The van der Waals surface area contributed by atoms with Gasteiger partial charge in [0.15, 0.2) is 0 Å². The van der Waals surface area contributed by atoms with Gasteiger partial charge in [-0.2, -0.15) is 0 Å². The highest BCUT2D eigenvalue weighted by molar-refractivity contribution is 5.96. The number of carbonyl (C=O) groups excluding carboxylic acids is 1. The molecule has 1 heterocycles. The highest BCUT2D eigenvalue weighted by Gasteiger charge is 2.13. The van der Waals surface area contributed by atoms with E-state index in [1.807, 2.05) is 0 Å². The Labute approximate surface area is 138 Å². The Balaban J connectivity index is 1.81. The van der Waals surface area contributed by atoms with E-state index < -0.39 is 0 Å². The van der Waals surface area contributed by atoms with Crippen LogP contribution in [0, 0.1) is 5.82 Å². The molecule has 3 rings (SSSR count). The Morgan fingerprint density at radius 2 is 2.00 bits per heavy atom. The largest absolute Gasteiger partial charge is 0.497 e. The van der Waals surface area contributed by atoms with Crippen LogP contribution in [-0.2, 0) is 11.2 Å². The van der Waals surface area contributed by atoms with Crippen molar-refractivity contribution in [1.82, 2.24) is 0 Å². The number of carbonyl (C=O) groups is 1. The fourth-order valence-electron chi connectivity index (χ4n) is 2.47. The van der Waals surface area contributed by atoms with Crippen molar-refractivity contribution >= 4 is 22.6 Å². The van der Waals surface area contributed by atoms with Gasteiger partial charge < -0.3 is 19.2 Å². The van der Waals surface area contributed by atoms with Gasteiger partial charge in [0.05, 0.1) is 32.6 Å². The lowest BCUT2D eigenvalue weighted by molar-refractivity contribution is -0.115. The molecule has 0 bridgehead atoms. The van der Waals surface area contributed by atoms with Crippen molar-refractivity contribution in [2.45, 2.75) is 6.42 Å². The van der Waals surface area contributed by atoms with Crippen molar-refractivity contribution in [3.05, 3.63) is 54.0 Å². The lowest BCUT2D eigenvalue weighted by Crippen LogP contribution is -2.15. The minimum atomic E-state index is -0.375. The number of halogens is 1. The van der Waals surface area contributed by atoms with Crippen LogP contribution in [0.5, 0.6) is 11.5 Å². The number of hydrogen-bond donors (Lipinski definition) is 1. The molecule has 0 saturated carbocycles. The van der Waals surface area contributed by atoms with E-state index in [-0.39, 0.29) is 18.1 Å². The average molecular weight is 329 g/mol. The summed E-state index contributed by atoms with van der Waals surface area (Å²) in [5.41, 5.74) is 1.66. The fraction of sp³-hybridized carbons (Fsp3) is 0.167. The fourth-order valence-corrected chi connectivity index (χ4v) is 2.47. The predicted molar refractivity (Wildman–Crippen MR) is 88.1 cm³/mol. The number of amides is 1. The van der Waals surface area contributed by atoms with Crippen molar-refractivity contribution in [2.75, 3.05) is 19.5 Å². The number of benzene rings is 2. The summed E-state index contributed by atoms with van der Waals surface area (Å²) in [6, 6.07) is 9.32. The monoisotopic (exact) mass is 329 g/mol. The summed E-state index contributed by atoms with van der Waals surface area (Å²) >= 11 is 0. The molecule has 0 saturated heterocycles. The second-order valence-corrected chi connectivity index (χ2v) is 5.19. The topological polar surface area (TPSA) is 60.7 Å². The number of nitrogens with one attached hydrogen (secondary N) is 1. The van der Waals surface area contributed by atoms with Crippen LogP contribution < -0.4 is 14.8 Å². The minimum Gasteiger partial charge on any atom is -0.497 e. The molecule has 6 heteroatoms. The third-order valence-corrected chi connectivity index (χ3v) is 3.65. The SMILES string of the molecule is COc1ccc(OC)c(NC(=O)Cc2coc3ccc(F)cc23)c1. The van der Waals surface area contributed by atoms with Gasteiger partial charge in [0.25, 0.3) is 0 Å². The van der Waals surface area contributed by atoms with Crippen molar-refractivity contribution in [2.24, 2.45) is 0 Å². The van der Waals surface area contributed by atoms with Gasteiger partial charge in [0.1, 0.15) is 22.9 Å². The summed E-state index contributed by atoms with van der Waals surface area (Å²) in [6.07, 6.45) is 1.52. The highest BCUT2D eigenvalue weighted by Crippen LogP contribution is 2.29. The second-order valence-electron chi connectivity index (χ2n) is 5.19. The number of methoxy groups -OCH3 is 2. The molecule has 0 fully saturated rings. The van der Waals surface area contributed by atoms with Crippen LogP contribution in [0.15, 0.2) is 47.1 Å². The molecule has 0 aliphatic carbocycles. The maximum atomic E-state index is 13.4. The van der Waals surface area contributed by atoms with E-state index in [9.17, 15) is 9.18 Å². The zero-order valence-corrected chi connectivity index (χ0v) is 13.3. The quantitative estimate of drug-likeness (QED) is 0.774. The first-order valence-electron chi connectivity index (χ1n) is 7.28. The zero-order valence-electron chi connectivity index (χ0n) is 13.3. The smallest absolute Gasteiger partial charge is 0.229 e. The number of furan rings is 1. The maximum absolute atomic E-state index is 13.4. The first-order chi connectivity index (χ1) is 11.6. The van der Waals surface area contributed by atoms with Gasteiger partial charge in [-0.3, -0.25) is 4.79 Å². The summed E-state index contributed by atoms with van der Waals surface area (Å²) in [4.78, 5) is 12.3. The molecular weight excluding hydrogens is 313 g/mol. The van der Waals surface area contributed by atoms with E-state index in [1.54, 1.807) is 25.3 Å². The summed E-state index contributed by atoms with van der Waals surface area (Å²) in [5.74, 6) is 0.475. The first-order valence-corrected chi connectivity index (χ1v) is 7.28. The molecule has 0 unspecified atom stereocenters. The predicted octanol–water partition coefficient (Wildman–Crippen LogP) is 3.77. The maximum Gasteiger partial charge on any atom is 0.229 e. The standard InChI is InChI=1S/C18H16FNO4/c1-22-13-4-6-17(23-2)15(9-13)20-18(21)7-11-10-24-16-5-3-12(19)8-14(11)16/h3-6,8-10H,7H2,1-2H3,(H,20,21). The van der Waals surface area contributed by atoms with E-state index in [2.05, 4.69) is 5.32 Å². The van der Waals surface area contributed by atoms with E-state index >= 15 is 0 Å². The van der Waals surface area contributed by atoms with Gasteiger partial charge in [-0.15, -0.1) is 0 Å². The van der Waals surface area contributed by atoms with Gasteiger partial charge in [0.2, 0.25) is 5.91 Å². The van der Waals surface area contributed by atoms with Crippen molar-refractivity contribution < 1.29 is 23.1 Å². The highest BCUT2D eigenvalue weighted by atomic mass is 19.1. The molecule has 1 N–H and O–H groups in total. The van der Waals surface area contributed by atoms with Crippen molar-refractivity contribution in [3.8, 4) is 11.5 Å². The van der Waals surface area contributed by atoms with Crippen LogP contribution >= 0.6 is 0 Å². The summed E-state index contributed by atoms with van der Waals surface area (Å²) < 4.78 is 29.1. The normalized spacial score (nSPS) is 10.6. The third kappa shape index (κ3) is 3.17. The second kappa shape index (κ2) is 6.62. The molecule has 1 amide bonds. The molecule has 0 spiro atoms. The molecule has 124 valence electrons. The van der Waals surface area contributed by atoms with E-state index in [0.29, 0.717) is 33.7 Å². The molecule has 1 aromatic heterocycles. The Morgan fingerprint density at radius 1 is 1.17 bits per heavy atom. The van der Waals surface area contributed by atoms with Crippen LogP contribution in [0.4, 0.5) is 10.1 Å². The average Bonchev–Trinajstić information content (AvgIpc) is 2.96. The number of rotatable bonds is 5. The van der Waals surface area contributed by atoms with E-state index in [4.69, 9.17) is 13.9 Å². The van der Waals surface area contributed by atoms with Crippen LogP contribution in [0.1, 0.15) is 5.56 Å². The van der Waals surface area contributed by atoms with Crippen LogP contribution in [0.25, 0.3) is 11.0 Å². The Morgan fingerprint density at radius 3 is 2.75 bits per heavy atom. The van der Waals surface area contributed by atoms with Gasteiger partial charge in [0, 0.05) is 17.0 Å². The molecule has 3 aromatic rings. The number of ether oxygens (including phenoxy) is 2. The molecule has 24 heavy (non-hydrogen) atoms. The van der Waals surface area contributed by atoms with Crippen molar-refractivity contribution in [1.29, 1.82) is 0 Å². The summed E-state index contributed by atoms with van der Waals surface area (Å²) in [7, 11) is 3.06. The number of hydrogen-bond acceptors (Lipinski definition) is 4. The Kier molecular flexibility index (Phi) is 4.37. The lowest BCUT2D eigenvalue weighted by atomic mass is 10.1. The molecule has 0 aliphatic heterocycles. The summed E-state index contributed by atoms with van der Waals surface area (Å²) in [5, 5.41) is 3.36. The summed E-state index contributed by atoms with van der Waals surface area (Å²) in [6.45, 7) is 0. The van der Waals surface area contributed by atoms with Gasteiger partial charge in [-0.25, -0.2) is 4.39 Å². The number of fused-ring (bicyclic) bond motifs is 1. The van der Waals surface area contributed by atoms with Crippen LogP contribution in [0.2, 0.25) is 0 Å². The Bertz CT molecular complexity index is 888. The first kappa shape index (κ1) is 15.9. The van der Waals surface area contributed by atoms with Crippen molar-refractivity contribution in [3.63, 3.8) is 0 Å². The van der Waals surface area contributed by atoms with E-state index in [1.165, 1.54) is 31.6 Å². The lowest BCUT2D eigenvalue weighted by Gasteiger charge is -2.11. The number of anilines is 1.